The highest BCUT2D eigenvalue weighted by Gasteiger charge is 2.26. The third kappa shape index (κ3) is 4.51. The van der Waals surface area contributed by atoms with Gasteiger partial charge in [0.05, 0.1) is 6.54 Å². The number of carbonyl (C=O) groups excluding carboxylic acids is 1. The zero-order valence-electron chi connectivity index (χ0n) is 21.3. The van der Waals surface area contributed by atoms with Crippen LogP contribution in [0.3, 0.4) is 0 Å². The molecule has 7 nitrogen and oxygen atoms in total. The van der Waals surface area contributed by atoms with Crippen LogP contribution in [0, 0.1) is 12.8 Å². The van der Waals surface area contributed by atoms with Crippen LogP contribution in [0.2, 0.25) is 0 Å². The van der Waals surface area contributed by atoms with Crippen molar-refractivity contribution in [3.63, 3.8) is 0 Å². The summed E-state index contributed by atoms with van der Waals surface area (Å²) in [6.45, 7) is 7.36. The van der Waals surface area contributed by atoms with Crippen LogP contribution in [0.4, 0.5) is 5.69 Å². The molecule has 1 fully saturated rings. The van der Waals surface area contributed by atoms with Crippen molar-refractivity contribution in [2.45, 2.75) is 39.8 Å². The van der Waals surface area contributed by atoms with Gasteiger partial charge in [0, 0.05) is 45.5 Å². The summed E-state index contributed by atoms with van der Waals surface area (Å²) in [5.41, 5.74) is 5.39. The van der Waals surface area contributed by atoms with Crippen molar-refractivity contribution >= 4 is 33.4 Å². The molecule has 3 heterocycles. The number of carbonyl (C=O) groups is 1. The third-order valence-electron chi connectivity index (χ3n) is 7.53. The Morgan fingerprint density at radius 1 is 1.00 bits per heavy atom. The number of nitrogens with zero attached hydrogens (tertiary/aromatic N) is 4. The van der Waals surface area contributed by atoms with Gasteiger partial charge in [0.2, 0.25) is 17.6 Å². The van der Waals surface area contributed by atoms with Gasteiger partial charge in [-0.05, 0) is 69.6 Å². The quantitative estimate of drug-likeness (QED) is 0.313. The molecule has 0 bridgehead atoms. The monoisotopic (exact) mass is 493 g/mol. The zero-order valence-corrected chi connectivity index (χ0v) is 21.3. The lowest BCUT2D eigenvalue weighted by Gasteiger charge is -2.30. The van der Waals surface area contributed by atoms with Crippen molar-refractivity contribution in [2.75, 3.05) is 18.4 Å². The molecule has 3 aromatic carbocycles. The van der Waals surface area contributed by atoms with Crippen LogP contribution in [0.1, 0.15) is 31.2 Å². The predicted octanol–water partition coefficient (Wildman–Crippen LogP) is 6.02. The van der Waals surface area contributed by atoms with Gasteiger partial charge in [-0.1, -0.05) is 47.6 Å². The van der Waals surface area contributed by atoms with Gasteiger partial charge >= 0.3 is 0 Å². The fourth-order valence-electron chi connectivity index (χ4n) is 5.51. The van der Waals surface area contributed by atoms with E-state index in [1.165, 1.54) is 21.8 Å². The van der Waals surface area contributed by atoms with Gasteiger partial charge in [-0.2, -0.15) is 4.98 Å². The molecule has 6 rings (SSSR count). The second kappa shape index (κ2) is 9.82. The molecule has 1 aliphatic heterocycles. The molecule has 0 aliphatic carbocycles. The Bertz CT molecular complexity index is 1580. The summed E-state index contributed by atoms with van der Waals surface area (Å²) >= 11 is 0. The maximum Gasteiger partial charge on any atom is 0.241 e. The van der Waals surface area contributed by atoms with Crippen molar-refractivity contribution < 1.29 is 9.32 Å². The van der Waals surface area contributed by atoms with Crippen molar-refractivity contribution in [1.82, 2.24) is 19.6 Å². The number of hydrogen-bond donors (Lipinski definition) is 1. The highest BCUT2D eigenvalue weighted by molar-refractivity contribution is 6.09. The Balaban J connectivity index is 1.08. The summed E-state index contributed by atoms with van der Waals surface area (Å²) in [6, 6.07) is 22.7. The van der Waals surface area contributed by atoms with Crippen LogP contribution in [0.25, 0.3) is 33.2 Å². The fraction of sp³-hybridized carbons (Fsp3) is 0.300. The van der Waals surface area contributed by atoms with Crippen molar-refractivity contribution in [3.8, 4) is 11.4 Å². The standard InChI is InChI=1S/C30H31N5O2/c1-3-35-26-11-7-6-10-24(26)25-18-22(12-13-27(25)35)31-30(36)21-14-16-34(17-15-21)19-28-32-29(33-37-28)23-9-5-4-8-20(23)2/h4-13,18,21H,3,14-17,19H2,1-2H3,(H,31,36). The van der Waals surface area contributed by atoms with Crippen LogP contribution >= 0.6 is 0 Å². The van der Waals surface area contributed by atoms with Gasteiger partial charge in [-0.3, -0.25) is 9.69 Å². The highest BCUT2D eigenvalue weighted by atomic mass is 16.5. The Morgan fingerprint density at radius 3 is 2.57 bits per heavy atom. The normalized spacial score (nSPS) is 15.0. The minimum Gasteiger partial charge on any atom is -0.341 e. The molecule has 1 amide bonds. The van der Waals surface area contributed by atoms with Crippen molar-refractivity contribution in [1.29, 1.82) is 0 Å². The summed E-state index contributed by atoms with van der Waals surface area (Å²) in [6.07, 6.45) is 1.62. The van der Waals surface area contributed by atoms with Gasteiger partial charge in [0.15, 0.2) is 0 Å². The second-order valence-corrected chi connectivity index (χ2v) is 9.86. The molecule has 5 aromatic rings. The van der Waals surface area contributed by atoms with E-state index >= 15 is 0 Å². The van der Waals surface area contributed by atoms with E-state index in [1.807, 2.05) is 37.3 Å². The van der Waals surface area contributed by atoms with Crippen LogP contribution < -0.4 is 5.32 Å². The molecule has 1 N–H and O–H groups in total. The molecule has 1 saturated heterocycles. The summed E-state index contributed by atoms with van der Waals surface area (Å²) < 4.78 is 7.84. The molecular weight excluding hydrogens is 462 g/mol. The predicted molar refractivity (Wildman–Crippen MR) is 146 cm³/mol. The number of benzene rings is 3. The third-order valence-corrected chi connectivity index (χ3v) is 7.53. The van der Waals surface area contributed by atoms with Crippen LogP contribution in [-0.4, -0.2) is 38.6 Å². The molecule has 37 heavy (non-hydrogen) atoms. The minimum atomic E-state index is -0.00542. The average Bonchev–Trinajstić information content (AvgIpc) is 3.51. The Labute approximate surface area is 216 Å². The largest absolute Gasteiger partial charge is 0.341 e. The van der Waals surface area contributed by atoms with Crippen molar-refractivity contribution in [3.05, 3.63) is 78.2 Å². The molecule has 0 spiro atoms. The van der Waals surface area contributed by atoms with Crippen LogP contribution in [0.15, 0.2) is 71.3 Å². The number of anilines is 1. The average molecular weight is 494 g/mol. The maximum atomic E-state index is 13.1. The minimum absolute atomic E-state index is 0.00542. The molecule has 0 radical (unpaired) electrons. The maximum absolute atomic E-state index is 13.1. The summed E-state index contributed by atoms with van der Waals surface area (Å²) in [5, 5.41) is 9.74. The second-order valence-electron chi connectivity index (χ2n) is 9.86. The first kappa shape index (κ1) is 23.4. The SMILES string of the molecule is CCn1c2ccccc2c2cc(NC(=O)C3CCN(Cc4nc(-c5ccccc5C)no4)CC3)ccc21. The highest BCUT2D eigenvalue weighted by Crippen LogP contribution is 2.31. The summed E-state index contributed by atoms with van der Waals surface area (Å²) in [5.74, 6) is 1.33. The van der Waals surface area contributed by atoms with E-state index in [0.717, 1.165) is 49.3 Å². The Kier molecular flexibility index (Phi) is 6.22. The first-order valence-corrected chi connectivity index (χ1v) is 13.0. The molecule has 7 heteroatoms. The number of para-hydroxylation sites is 1. The van der Waals surface area contributed by atoms with Gasteiger partial charge in [0.1, 0.15) is 0 Å². The number of rotatable bonds is 6. The molecular formula is C30H31N5O2. The summed E-state index contributed by atoms with van der Waals surface area (Å²) in [7, 11) is 0. The topological polar surface area (TPSA) is 76.2 Å². The number of aromatic nitrogens is 3. The number of fused-ring (bicyclic) bond motifs is 3. The molecule has 0 atom stereocenters. The number of aryl methyl sites for hydroxylation is 2. The molecule has 1 aliphatic rings. The fourth-order valence-corrected chi connectivity index (χ4v) is 5.51. The lowest BCUT2D eigenvalue weighted by atomic mass is 9.95. The van der Waals surface area contributed by atoms with Gasteiger partial charge in [-0.25, -0.2) is 0 Å². The number of nitrogens with one attached hydrogen (secondary N) is 1. The van der Waals surface area contributed by atoms with E-state index < -0.39 is 0 Å². The van der Waals surface area contributed by atoms with E-state index in [2.05, 4.69) is 68.2 Å². The Hall–Kier alpha value is -3.97. The van der Waals surface area contributed by atoms with Crippen molar-refractivity contribution in [2.24, 2.45) is 5.92 Å². The number of hydrogen-bond acceptors (Lipinski definition) is 5. The van der Waals surface area contributed by atoms with E-state index in [0.29, 0.717) is 18.3 Å². The molecule has 0 saturated carbocycles. The van der Waals surface area contributed by atoms with E-state index in [1.54, 1.807) is 0 Å². The zero-order chi connectivity index (χ0) is 25.4. The molecule has 0 unspecified atom stereocenters. The van der Waals surface area contributed by atoms with Gasteiger partial charge in [0.25, 0.3) is 0 Å². The number of amides is 1. The first-order valence-electron chi connectivity index (χ1n) is 13.0. The number of piperidine rings is 1. The number of likely N-dealkylation sites (tertiary alicyclic amines) is 1. The first-order chi connectivity index (χ1) is 18.1. The van der Waals surface area contributed by atoms with Crippen LogP contribution in [0.5, 0.6) is 0 Å². The van der Waals surface area contributed by atoms with Gasteiger partial charge < -0.3 is 14.4 Å². The van der Waals surface area contributed by atoms with Crippen LogP contribution in [-0.2, 0) is 17.9 Å². The smallest absolute Gasteiger partial charge is 0.241 e. The Morgan fingerprint density at radius 2 is 1.76 bits per heavy atom. The van der Waals surface area contributed by atoms with Gasteiger partial charge in [-0.15, -0.1) is 0 Å². The molecule has 2 aromatic heterocycles. The summed E-state index contributed by atoms with van der Waals surface area (Å²) in [4.78, 5) is 20.0. The lowest BCUT2D eigenvalue weighted by Crippen LogP contribution is -2.37. The molecule has 188 valence electrons. The lowest BCUT2D eigenvalue weighted by molar-refractivity contribution is -0.121. The van der Waals surface area contributed by atoms with E-state index in [9.17, 15) is 4.79 Å². The van der Waals surface area contributed by atoms with E-state index in [-0.39, 0.29) is 11.8 Å². The van der Waals surface area contributed by atoms with E-state index in [4.69, 9.17) is 4.52 Å².